The fraction of sp³-hybridized carbons (Fsp3) is 0.938. The maximum Gasteiger partial charge on any atom is 0.317 e. The Labute approximate surface area is 130 Å². The van der Waals surface area contributed by atoms with E-state index in [0.29, 0.717) is 0 Å². The van der Waals surface area contributed by atoms with Crippen LogP contribution in [-0.2, 0) is 0 Å². The summed E-state index contributed by atoms with van der Waals surface area (Å²) in [7, 11) is 0. The lowest BCUT2D eigenvalue weighted by molar-refractivity contribution is 0.175. The minimum Gasteiger partial charge on any atom is -0.336 e. The summed E-state index contributed by atoms with van der Waals surface area (Å²) in [6, 6.07) is 0.0864. The van der Waals surface area contributed by atoms with Gasteiger partial charge in [-0.05, 0) is 25.9 Å². The third-order valence-corrected chi connectivity index (χ3v) is 4.04. The number of nitrogens with one attached hydrogen (secondary N) is 3. The van der Waals surface area contributed by atoms with Gasteiger partial charge < -0.3 is 20.9 Å². The second-order valence-electron chi connectivity index (χ2n) is 6.52. The van der Waals surface area contributed by atoms with Crippen LogP contribution in [0.15, 0.2) is 0 Å². The van der Waals surface area contributed by atoms with Crippen LogP contribution in [0.3, 0.4) is 0 Å². The van der Waals surface area contributed by atoms with Crippen molar-refractivity contribution < 1.29 is 4.79 Å². The molecule has 0 aromatic rings. The molecule has 1 saturated heterocycles. The number of nitrogens with zero attached hydrogens (tertiary/aromatic N) is 1. The predicted molar refractivity (Wildman–Crippen MR) is 88.6 cm³/mol. The number of carbonyl (C=O) groups is 1. The van der Waals surface area contributed by atoms with Crippen molar-refractivity contribution in [2.75, 3.05) is 45.8 Å². The Bertz CT molecular complexity index is 284. The molecule has 0 aromatic heterocycles. The molecule has 0 atom stereocenters. The number of amides is 2. The first kappa shape index (κ1) is 18.2. The van der Waals surface area contributed by atoms with Crippen molar-refractivity contribution in [2.24, 2.45) is 5.41 Å². The van der Waals surface area contributed by atoms with Crippen molar-refractivity contribution in [3.8, 4) is 0 Å². The van der Waals surface area contributed by atoms with Crippen molar-refractivity contribution >= 4 is 6.03 Å². The third kappa shape index (κ3) is 7.14. The Morgan fingerprint density at radius 1 is 1.14 bits per heavy atom. The van der Waals surface area contributed by atoms with Crippen molar-refractivity contribution in [3.05, 3.63) is 0 Å². The number of carbonyl (C=O) groups excluding carboxylic acids is 1. The monoisotopic (exact) mass is 298 g/mol. The lowest BCUT2D eigenvalue weighted by Crippen LogP contribution is -2.49. The van der Waals surface area contributed by atoms with Gasteiger partial charge in [0.2, 0.25) is 0 Å². The van der Waals surface area contributed by atoms with Crippen LogP contribution in [0, 0.1) is 5.41 Å². The van der Waals surface area contributed by atoms with Gasteiger partial charge in [-0.2, -0.15) is 0 Å². The summed E-state index contributed by atoms with van der Waals surface area (Å²) in [6.45, 7) is 13.2. The van der Waals surface area contributed by atoms with Crippen LogP contribution >= 0.6 is 0 Å². The van der Waals surface area contributed by atoms with E-state index in [1.54, 1.807) is 0 Å². The second-order valence-corrected chi connectivity index (χ2v) is 6.52. The van der Waals surface area contributed by atoms with E-state index >= 15 is 0 Å². The molecule has 0 spiro atoms. The lowest BCUT2D eigenvalue weighted by Gasteiger charge is -2.34. The van der Waals surface area contributed by atoms with E-state index in [0.717, 1.165) is 45.8 Å². The average molecular weight is 298 g/mol. The molecule has 1 aliphatic heterocycles. The molecular weight excluding hydrogens is 264 g/mol. The molecule has 0 saturated carbocycles. The smallest absolute Gasteiger partial charge is 0.317 e. The van der Waals surface area contributed by atoms with E-state index in [-0.39, 0.29) is 11.4 Å². The van der Waals surface area contributed by atoms with Crippen LogP contribution in [0.1, 0.15) is 46.5 Å². The van der Waals surface area contributed by atoms with Gasteiger partial charge in [-0.3, -0.25) is 0 Å². The highest BCUT2D eigenvalue weighted by molar-refractivity contribution is 5.76. The van der Waals surface area contributed by atoms with E-state index in [2.05, 4.69) is 36.7 Å². The maximum absolute atomic E-state index is 11.8. The van der Waals surface area contributed by atoms with E-state index in [1.165, 1.54) is 25.7 Å². The molecule has 0 unspecified atom stereocenters. The van der Waals surface area contributed by atoms with E-state index in [1.807, 2.05) is 4.90 Å². The van der Waals surface area contributed by atoms with Crippen molar-refractivity contribution in [3.63, 3.8) is 0 Å². The molecule has 5 nitrogen and oxygen atoms in total. The van der Waals surface area contributed by atoms with Crippen LogP contribution in [0.4, 0.5) is 4.79 Å². The first-order valence-electron chi connectivity index (χ1n) is 8.55. The molecule has 1 rings (SSSR count). The molecule has 2 amide bonds. The Hall–Kier alpha value is -0.810. The summed E-state index contributed by atoms with van der Waals surface area (Å²) in [5, 5.41) is 10.0. The zero-order chi connectivity index (χ0) is 15.6. The molecule has 124 valence electrons. The summed E-state index contributed by atoms with van der Waals surface area (Å²) in [4.78, 5) is 13.7. The molecule has 1 heterocycles. The van der Waals surface area contributed by atoms with Crippen molar-refractivity contribution in [2.45, 2.75) is 46.5 Å². The number of urea groups is 1. The van der Waals surface area contributed by atoms with Crippen molar-refractivity contribution in [1.29, 1.82) is 0 Å². The molecule has 3 N–H and O–H groups in total. The third-order valence-electron chi connectivity index (χ3n) is 4.04. The predicted octanol–water partition coefficient (Wildman–Crippen LogP) is 1.80. The van der Waals surface area contributed by atoms with E-state index < -0.39 is 0 Å². The molecule has 21 heavy (non-hydrogen) atoms. The second kappa shape index (κ2) is 10.0. The van der Waals surface area contributed by atoms with Gasteiger partial charge in [-0.1, -0.05) is 33.6 Å². The summed E-state index contributed by atoms with van der Waals surface area (Å²) in [6.07, 6.45) is 4.85. The van der Waals surface area contributed by atoms with Gasteiger partial charge in [-0.25, -0.2) is 4.79 Å². The zero-order valence-corrected chi connectivity index (χ0v) is 14.1. The topological polar surface area (TPSA) is 56.4 Å². The highest BCUT2D eigenvalue weighted by Gasteiger charge is 2.30. The summed E-state index contributed by atoms with van der Waals surface area (Å²) in [5.74, 6) is 0. The Morgan fingerprint density at radius 3 is 2.14 bits per heavy atom. The van der Waals surface area contributed by atoms with Gasteiger partial charge in [0.15, 0.2) is 0 Å². The van der Waals surface area contributed by atoms with Gasteiger partial charge >= 0.3 is 6.03 Å². The number of rotatable bonds is 12. The SMILES string of the molecule is CCCCNCC(C)(CNCCCC)CN1CCNC1=O. The summed E-state index contributed by atoms with van der Waals surface area (Å²) >= 11 is 0. The number of unbranched alkanes of at least 4 members (excludes halogenated alkanes) is 2. The number of hydrogen-bond donors (Lipinski definition) is 3. The van der Waals surface area contributed by atoms with Gasteiger partial charge in [0.25, 0.3) is 0 Å². The van der Waals surface area contributed by atoms with Crippen LogP contribution in [0.5, 0.6) is 0 Å². The van der Waals surface area contributed by atoms with E-state index in [4.69, 9.17) is 0 Å². The zero-order valence-electron chi connectivity index (χ0n) is 14.1. The minimum atomic E-state index is 0.0864. The standard InChI is InChI=1S/C16H34N4O/c1-4-6-8-17-12-16(3,13-18-9-7-5-2)14-20-11-10-19-15(20)21/h17-18H,4-14H2,1-3H3,(H,19,21). The molecule has 0 aliphatic carbocycles. The largest absolute Gasteiger partial charge is 0.336 e. The highest BCUT2D eigenvalue weighted by atomic mass is 16.2. The Kier molecular flexibility index (Phi) is 8.69. The fourth-order valence-electron chi connectivity index (χ4n) is 2.68. The van der Waals surface area contributed by atoms with Crippen LogP contribution in [0.25, 0.3) is 0 Å². The summed E-state index contributed by atoms with van der Waals surface area (Å²) in [5.41, 5.74) is 0.0865. The fourth-order valence-corrected chi connectivity index (χ4v) is 2.68. The summed E-state index contributed by atoms with van der Waals surface area (Å²) < 4.78 is 0. The van der Waals surface area contributed by atoms with Gasteiger partial charge in [0.05, 0.1) is 0 Å². The lowest BCUT2D eigenvalue weighted by atomic mass is 9.89. The average Bonchev–Trinajstić information content (AvgIpc) is 2.85. The Balaban J connectivity index is 2.44. The van der Waals surface area contributed by atoms with Gasteiger partial charge in [-0.15, -0.1) is 0 Å². The van der Waals surface area contributed by atoms with Crippen LogP contribution in [0.2, 0.25) is 0 Å². The van der Waals surface area contributed by atoms with Crippen LogP contribution in [-0.4, -0.2) is 56.7 Å². The Morgan fingerprint density at radius 2 is 1.71 bits per heavy atom. The van der Waals surface area contributed by atoms with Crippen LogP contribution < -0.4 is 16.0 Å². The minimum absolute atomic E-state index is 0.0864. The van der Waals surface area contributed by atoms with Gasteiger partial charge in [0, 0.05) is 38.1 Å². The van der Waals surface area contributed by atoms with Crippen molar-refractivity contribution in [1.82, 2.24) is 20.9 Å². The molecule has 0 bridgehead atoms. The number of hydrogen-bond acceptors (Lipinski definition) is 3. The van der Waals surface area contributed by atoms with Gasteiger partial charge in [0.1, 0.15) is 0 Å². The molecule has 5 heteroatoms. The molecule has 0 radical (unpaired) electrons. The molecule has 1 fully saturated rings. The molecule has 0 aromatic carbocycles. The quantitative estimate of drug-likeness (QED) is 0.482. The first-order chi connectivity index (χ1) is 10.1. The normalized spacial score (nSPS) is 15.6. The maximum atomic E-state index is 11.8. The highest BCUT2D eigenvalue weighted by Crippen LogP contribution is 2.18. The van der Waals surface area contributed by atoms with E-state index in [9.17, 15) is 4.79 Å². The first-order valence-corrected chi connectivity index (χ1v) is 8.55. The molecular formula is C16H34N4O. The molecule has 1 aliphatic rings.